The number of hydrazine groups is 2. The minimum Gasteiger partial charge on any atom is -0.308 e. The van der Waals surface area contributed by atoms with E-state index in [2.05, 4.69) is 40.0 Å². The fourth-order valence-electron chi connectivity index (χ4n) is 5.32. The van der Waals surface area contributed by atoms with Crippen LogP contribution in [0.2, 0.25) is 0 Å². The van der Waals surface area contributed by atoms with E-state index in [4.69, 9.17) is 0 Å². The van der Waals surface area contributed by atoms with Crippen LogP contribution in [0.15, 0.2) is 18.2 Å². The Hall–Kier alpha value is -2.00. The lowest BCUT2D eigenvalue weighted by molar-refractivity contribution is -0.120. The van der Waals surface area contributed by atoms with Crippen LogP contribution in [0.1, 0.15) is 44.6 Å². The molecule has 3 heterocycles. The Morgan fingerprint density at radius 1 is 1.13 bits per heavy atom. The third kappa shape index (κ3) is 4.09. The largest absolute Gasteiger partial charge is 0.308 e. The fraction of sp³-hybridized carbons (Fsp3) is 0.652. The van der Waals surface area contributed by atoms with Crippen molar-refractivity contribution in [1.82, 2.24) is 20.9 Å². The number of carbonyl (C=O) groups excluding carboxylic acids is 2. The SMILES string of the molecule is CC(=O)N1c2ccc(C3CNN(CC4CCN(C)N4)C3)cc2N(C(=O)C2CC2)C[C@@H]1C. The number of fused-ring (bicyclic) bond motifs is 1. The van der Waals surface area contributed by atoms with Crippen LogP contribution in [0.3, 0.4) is 0 Å². The molecule has 3 fully saturated rings. The summed E-state index contributed by atoms with van der Waals surface area (Å²) < 4.78 is 0. The molecule has 8 nitrogen and oxygen atoms in total. The molecule has 1 aromatic carbocycles. The van der Waals surface area contributed by atoms with Crippen molar-refractivity contribution in [2.24, 2.45) is 5.92 Å². The second-order valence-corrected chi connectivity index (χ2v) is 9.71. The second kappa shape index (κ2) is 8.16. The summed E-state index contributed by atoms with van der Waals surface area (Å²) in [5.74, 6) is 0.777. The first-order valence-electron chi connectivity index (χ1n) is 11.6. The highest BCUT2D eigenvalue weighted by atomic mass is 16.2. The molecule has 3 aliphatic heterocycles. The monoisotopic (exact) mass is 426 g/mol. The van der Waals surface area contributed by atoms with Gasteiger partial charge in [0.15, 0.2) is 0 Å². The van der Waals surface area contributed by atoms with E-state index in [0.29, 0.717) is 18.5 Å². The van der Waals surface area contributed by atoms with Gasteiger partial charge in [-0.25, -0.2) is 10.0 Å². The van der Waals surface area contributed by atoms with Gasteiger partial charge in [-0.15, -0.1) is 0 Å². The summed E-state index contributed by atoms with van der Waals surface area (Å²) in [6.45, 7) is 8.12. The lowest BCUT2D eigenvalue weighted by atomic mass is 9.96. The first-order chi connectivity index (χ1) is 14.9. The van der Waals surface area contributed by atoms with E-state index in [1.54, 1.807) is 6.92 Å². The molecule has 5 rings (SSSR count). The van der Waals surface area contributed by atoms with Crippen LogP contribution in [0.5, 0.6) is 0 Å². The average molecular weight is 427 g/mol. The molecule has 1 aliphatic carbocycles. The maximum Gasteiger partial charge on any atom is 0.230 e. The molecule has 1 aromatic rings. The van der Waals surface area contributed by atoms with Gasteiger partial charge in [0.25, 0.3) is 0 Å². The van der Waals surface area contributed by atoms with Crippen molar-refractivity contribution in [2.45, 2.75) is 51.1 Å². The van der Waals surface area contributed by atoms with Gasteiger partial charge in [0, 0.05) is 64.6 Å². The quantitative estimate of drug-likeness (QED) is 0.756. The van der Waals surface area contributed by atoms with E-state index in [9.17, 15) is 9.59 Å². The van der Waals surface area contributed by atoms with Crippen LogP contribution in [0.4, 0.5) is 11.4 Å². The molecule has 2 amide bonds. The van der Waals surface area contributed by atoms with E-state index in [1.807, 2.05) is 22.8 Å². The van der Waals surface area contributed by atoms with Crippen molar-refractivity contribution in [3.05, 3.63) is 23.8 Å². The smallest absolute Gasteiger partial charge is 0.230 e. The first kappa shape index (κ1) is 20.9. The normalized spacial score (nSPS) is 29.5. The van der Waals surface area contributed by atoms with Crippen LogP contribution < -0.4 is 20.7 Å². The molecule has 0 spiro atoms. The van der Waals surface area contributed by atoms with E-state index in [-0.39, 0.29) is 23.8 Å². The van der Waals surface area contributed by atoms with E-state index < -0.39 is 0 Å². The van der Waals surface area contributed by atoms with Crippen LogP contribution in [-0.2, 0) is 9.59 Å². The number of hydrogen-bond donors (Lipinski definition) is 2. The number of nitrogens with one attached hydrogen (secondary N) is 2. The minimum absolute atomic E-state index is 0.0146. The zero-order chi connectivity index (χ0) is 21.7. The Labute approximate surface area is 184 Å². The van der Waals surface area contributed by atoms with Crippen molar-refractivity contribution in [1.29, 1.82) is 0 Å². The Morgan fingerprint density at radius 2 is 1.94 bits per heavy atom. The summed E-state index contributed by atoms with van der Waals surface area (Å²) in [6.07, 6.45) is 3.14. The summed E-state index contributed by atoms with van der Waals surface area (Å²) in [7, 11) is 2.09. The standard InChI is InChI=1S/C23H34N6O2/c1-15-12-28(23(31)17-4-5-17)22-10-18(6-7-21(22)29(15)16(2)30)19-11-24-27(13-19)14-20-8-9-26(3)25-20/h6-7,10,15,17,19-20,24-25H,4-5,8-9,11-14H2,1-3H3/t15-,19?,20?/m0/s1. The zero-order valence-electron chi connectivity index (χ0n) is 18.8. The molecule has 168 valence electrons. The van der Waals surface area contributed by atoms with Crippen LogP contribution in [0, 0.1) is 5.92 Å². The first-order valence-corrected chi connectivity index (χ1v) is 11.6. The topological polar surface area (TPSA) is 71.2 Å². The third-order valence-corrected chi connectivity index (χ3v) is 7.10. The molecular formula is C23H34N6O2. The lowest BCUT2D eigenvalue weighted by Crippen LogP contribution is -2.51. The molecule has 0 radical (unpaired) electrons. The number of anilines is 2. The van der Waals surface area contributed by atoms with E-state index >= 15 is 0 Å². The molecule has 0 bridgehead atoms. The average Bonchev–Trinajstić information content (AvgIpc) is 3.36. The van der Waals surface area contributed by atoms with E-state index in [0.717, 1.165) is 56.8 Å². The molecule has 3 atom stereocenters. The van der Waals surface area contributed by atoms with Crippen LogP contribution in [0.25, 0.3) is 0 Å². The lowest BCUT2D eigenvalue weighted by Gasteiger charge is -2.41. The molecule has 2 unspecified atom stereocenters. The number of hydrogen-bond acceptors (Lipinski definition) is 6. The van der Waals surface area contributed by atoms with Crippen LogP contribution >= 0.6 is 0 Å². The highest BCUT2D eigenvalue weighted by Crippen LogP contribution is 2.41. The Kier molecular flexibility index (Phi) is 5.50. The molecule has 8 heteroatoms. The maximum absolute atomic E-state index is 13.0. The number of carbonyl (C=O) groups is 2. The van der Waals surface area contributed by atoms with E-state index in [1.165, 1.54) is 5.56 Å². The summed E-state index contributed by atoms with van der Waals surface area (Å²) in [5.41, 5.74) is 10.1. The van der Waals surface area contributed by atoms with Gasteiger partial charge in [0.2, 0.25) is 11.8 Å². The van der Waals surface area contributed by atoms with Gasteiger partial charge >= 0.3 is 0 Å². The number of rotatable bonds is 4. The number of amides is 2. The Balaban J connectivity index is 1.37. The van der Waals surface area contributed by atoms with Crippen molar-refractivity contribution >= 4 is 23.2 Å². The predicted octanol–water partition coefficient (Wildman–Crippen LogP) is 1.30. The third-order valence-electron chi connectivity index (χ3n) is 7.10. The summed E-state index contributed by atoms with van der Waals surface area (Å²) in [6, 6.07) is 6.82. The highest BCUT2D eigenvalue weighted by Gasteiger charge is 2.40. The van der Waals surface area contributed by atoms with Crippen molar-refractivity contribution in [3.63, 3.8) is 0 Å². The summed E-state index contributed by atoms with van der Waals surface area (Å²) >= 11 is 0. The second-order valence-electron chi connectivity index (χ2n) is 9.71. The number of nitrogens with zero attached hydrogens (tertiary/aromatic N) is 4. The molecule has 0 aromatic heterocycles. The van der Waals surface area contributed by atoms with Gasteiger partial charge in [-0.1, -0.05) is 6.07 Å². The van der Waals surface area contributed by atoms with Gasteiger partial charge in [0.05, 0.1) is 17.4 Å². The fourth-order valence-corrected chi connectivity index (χ4v) is 5.32. The summed E-state index contributed by atoms with van der Waals surface area (Å²) in [5, 5.41) is 4.48. The predicted molar refractivity (Wildman–Crippen MR) is 121 cm³/mol. The van der Waals surface area contributed by atoms with Crippen LogP contribution in [-0.4, -0.2) is 73.7 Å². The molecule has 2 N–H and O–H groups in total. The maximum atomic E-state index is 13.0. The van der Waals surface area contributed by atoms with Crippen molar-refractivity contribution < 1.29 is 9.59 Å². The molecule has 4 aliphatic rings. The summed E-state index contributed by atoms with van der Waals surface area (Å²) in [4.78, 5) is 29.2. The highest BCUT2D eigenvalue weighted by molar-refractivity contribution is 6.05. The van der Waals surface area contributed by atoms with Gasteiger partial charge in [-0.05, 0) is 43.9 Å². The zero-order valence-corrected chi connectivity index (χ0v) is 18.8. The molecule has 31 heavy (non-hydrogen) atoms. The Bertz CT molecular complexity index is 872. The van der Waals surface area contributed by atoms with Crippen molar-refractivity contribution in [3.8, 4) is 0 Å². The van der Waals surface area contributed by atoms with Gasteiger partial charge in [-0.2, -0.15) is 0 Å². The van der Waals surface area contributed by atoms with Crippen molar-refractivity contribution in [2.75, 3.05) is 49.6 Å². The minimum atomic E-state index is -0.0146. The Morgan fingerprint density at radius 3 is 2.61 bits per heavy atom. The molecular weight excluding hydrogens is 392 g/mol. The van der Waals surface area contributed by atoms with Gasteiger partial charge in [0.1, 0.15) is 0 Å². The number of benzene rings is 1. The molecule has 2 saturated heterocycles. The molecule has 1 saturated carbocycles. The van der Waals surface area contributed by atoms with Gasteiger partial charge in [-0.3, -0.25) is 20.4 Å². The van der Waals surface area contributed by atoms with Gasteiger partial charge < -0.3 is 9.80 Å².